The topological polar surface area (TPSA) is 53.1 Å². The van der Waals surface area contributed by atoms with Crippen LogP contribution in [0.1, 0.15) is 16.8 Å². The first-order valence-electron chi connectivity index (χ1n) is 8.99. The molecule has 0 N–H and O–H groups in total. The highest BCUT2D eigenvalue weighted by Gasteiger charge is 2.48. The number of thiophene rings is 1. The maximum atomic E-state index is 13.0. The largest absolute Gasteiger partial charge is 0.497 e. The molecule has 0 saturated carbocycles. The van der Waals surface area contributed by atoms with Gasteiger partial charge in [0, 0.05) is 30.6 Å². The predicted octanol–water partition coefficient (Wildman–Crippen LogP) is 2.32. The zero-order valence-corrected chi connectivity index (χ0v) is 16.4. The number of carbonyl (C=O) groups excluding carboxylic acids is 2. The average molecular weight is 385 g/mol. The first-order valence-corrected chi connectivity index (χ1v) is 9.94. The predicted molar refractivity (Wildman–Crippen MR) is 106 cm³/mol. The second-order valence-corrected chi connectivity index (χ2v) is 8.03. The van der Waals surface area contributed by atoms with Gasteiger partial charge >= 0.3 is 0 Å². The molecule has 2 saturated heterocycles. The highest BCUT2D eigenvalue weighted by atomic mass is 32.1. The van der Waals surface area contributed by atoms with Crippen LogP contribution in [0.2, 0.25) is 0 Å². The van der Waals surface area contributed by atoms with Crippen molar-refractivity contribution in [2.75, 3.05) is 45.2 Å². The summed E-state index contributed by atoms with van der Waals surface area (Å²) in [6.45, 7) is 2.29. The number of amides is 2. The first-order chi connectivity index (χ1) is 13.0. The fraction of sp³-hybridized carbons (Fsp3) is 0.400. The van der Waals surface area contributed by atoms with E-state index in [4.69, 9.17) is 4.74 Å². The smallest absolute Gasteiger partial charge is 0.254 e. The van der Waals surface area contributed by atoms with Crippen molar-refractivity contribution < 1.29 is 14.3 Å². The Morgan fingerprint density at radius 2 is 2.11 bits per heavy atom. The minimum atomic E-state index is -0.204. The Labute approximate surface area is 162 Å². The number of nitrogens with zero attached hydrogens (tertiary/aromatic N) is 3. The molecule has 1 spiro atoms. The Hall–Kier alpha value is -2.38. The van der Waals surface area contributed by atoms with Crippen LogP contribution in [-0.4, -0.2) is 67.5 Å². The number of likely N-dealkylation sites (tertiary alicyclic amines) is 1. The van der Waals surface area contributed by atoms with Gasteiger partial charge in [0.2, 0.25) is 5.91 Å². The van der Waals surface area contributed by atoms with Crippen molar-refractivity contribution in [2.45, 2.75) is 12.0 Å². The van der Waals surface area contributed by atoms with Gasteiger partial charge in [-0.1, -0.05) is 6.07 Å². The van der Waals surface area contributed by atoms with Gasteiger partial charge in [0.05, 0.1) is 24.9 Å². The van der Waals surface area contributed by atoms with Gasteiger partial charge in [-0.3, -0.25) is 14.5 Å². The molecule has 1 aromatic heterocycles. The van der Waals surface area contributed by atoms with Crippen LogP contribution in [0.5, 0.6) is 5.75 Å². The average Bonchev–Trinajstić information content (AvgIpc) is 3.35. The highest BCUT2D eigenvalue weighted by molar-refractivity contribution is 7.08. The number of ether oxygens (including phenoxy) is 1. The summed E-state index contributed by atoms with van der Waals surface area (Å²) in [5, 5.41) is 3.99. The third-order valence-corrected chi connectivity index (χ3v) is 6.36. The van der Waals surface area contributed by atoms with E-state index in [-0.39, 0.29) is 17.4 Å². The molecule has 6 nitrogen and oxygen atoms in total. The van der Waals surface area contributed by atoms with Crippen molar-refractivity contribution in [3.05, 3.63) is 46.7 Å². The number of methoxy groups -OCH3 is 1. The summed E-state index contributed by atoms with van der Waals surface area (Å²) in [5.74, 6) is 0.802. The Balaban J connectivity index is 1.54. The van der Waals surface area contributed by atoms with E-state index in [9.17, 15) is 9.59 Å². The van der Waals surface area contributed by atoms with Crippen molar-refractivity contribution in [3.8, 4) is 5.75 Å². The van der Waals surface area contributed by atoms with Crippen LogP contribution in [0.4, 0.5) is 5.69 Å². The second-order valence-electron chi connectivity index (χ2n) is 7.25. The third-order valence-electron chi connectivity index (χ3n) is 5.69. The van der Waals surface area contributed by atoms with E-state index in [0.717, 1.165) is 12.1 Å². The Bertz CT molecular complexity index is 854. The van der Waals surface area contributed by atoms with E-state index in [2.05, 4.69) is 4.90 Å². The quantitative estimate of drug-likeness (QED) is 0.814. The summed E-state index contributed by atoms with van der Waals surface area (Å²) < 4.78 is 5.24. The molecule has 0 radical (unpaired) electrons. The van der Waals surface area contributed by atoms with E-state index >= 15 is 0 Å². The zero-order chi connectivity index (χ0) is 19.0. The summed E-state index contributed by atoms with van der Waals surface area (Å²) in [7, 11) is 3.59. The van der Waals surface area contributed by atoms with Gasteiger partial charge < -0.3 is 14.5 Å². The van der Waals surface area contributed by atoms with E-state index in [1.54, 1.807) is 24.5 Å². The number of likely N-dealkylation sites (N-methyl/N-ethyl adjacent to an activating group) is 1. The number of anilines is 1. The van der Waals surface area contributed by atoms with Crippen LogP contribution >= 0.6 is 11.3 Å². The van der Waals surface area contributed by atoms with E-state index in [1.807, 2.05) is 51.9 Å². The van der Waals surface area contributed by atoms with Crippen LogP contribution in [0.25, 0.3) is 0 Å². The van der Waals surface area contributed by atoms with Gasteiger partial charge in [0.1, 0.15) is 5.75 Å². The summed E-state index contributed by atoms with van der Waals surface area (Å²) in [4.78, 5) is 31.4. The Morgan fingerprint density at radius 1 is 1.26 bits per heavy atom. The molecule has 2 aliphatic heterocycles. The lowest BCUT2D eigenvalue weighted by Crippen LogP contribution is -2.64. The summed E-state index contributed by atoms with van der Waals surface area (Å²) >= 11 is 1.59. The lowest BCUT2D eigenvalue weighted by Gasteiger charge is -2.46. The standard InChI is InChI=1S/C20H23N3O3S/c1-21-11-18(24)23(16-6-9-27-12-16)14-20(21)7-8-22(13-20)19(25)15-4-3-5-17(10-15)26-2/h3-6,9-10,12H,7-8,11,13-14H2,1-2H3/t20-/m1/s1. The molecule has 2 aliphatic rings. The van der Waals surface area contributed by atoms with Crippen molar-refractivity contribution in [2.24, 2.45) is 0 Å². The lowest BCUT2D eigenvalue weighted by molar-refractivity contribution is -0.123. The Morgan fingerprint density at radius 3 is 2.85 bits per heavy atom. The number of rotatable bonds is 3. The van der Waals surface area contributed by atoms with Crippen molar-refractivity contribution >= 4 is 28.8 Å². The third kappa shape index (κ3) is 3.21. The van der Waals surface area contributed by atoms with E-state index in [0.29, 0.717) is 37.5 Å². The van der Waals surface area contributed by atoms with Crippen molar-refractivity contribution in [3.63, 3.8) is 0 Å². The fourth-order valence-corrected chi connectivity index (χ4v) is 4.66. The maximum absolute atomic E-state index is 13.0. The minimum Gasteiger partial charge on any atom is -0.497 e. The molecule has 4 rings (SSSR count). The van der Waals surface area contributed by atoms with Gasteiger partial charge in [0.25, 0.3) is 5.91 Å². The molecule has 2 aromatic rings. The van der Waals surface area contributed by atoms with Crippen LogP contribution in [0.15, 0.2) is 41.1 Å². The van der Waals surface area contributed by atoms with Crippen LogP contribution < -0.4 is 9.64 Å². The number of hydrogen-bond donors (Lipinski definition) is 0. The SMILES string of the molecule is COc1cccc(C(=O)N2CC[C@@]3(C2)CN(c2ccsc2)C(=O)CN3C)c1. The summed E-state index contributed by atoms with van der Waals surface area (Å²) in [6, 6.07) is 9.25. The normalized spacial score (nSPS) is 23.3. The molecule has 27 heavy (non-hydrogen) atoms. The van der Waals surface area contributed by atoms with Crippen LogP contribution in [0.3, 0.4) is 0 Å². The second kappa shape index (κ2) is 6.98. The van der Waals surface area contributed by atoms with Crippen LogP contribution in [0, 0.1) is 0 Å². The molecule has 2 amide bonds. The van der Waals surface area contributed by atoms with E-state index < -0.39 is 0 Å². The Kier molecular flexibility index (Phi) is 4.65. The van der Waals surface area contributed by atoms with Gasteiger partial charge in [-0.25, -0.2) is 0 Å². The monoisotopic (exact) mass is 385 g/mol. The van der Waals surface area contributed by atoms with Crippen molar-refractivity contribution in [1.29, 1.82) is 0 Å². The number of piperazine rings is 1. The van der Waals surface area contributed by atoms with Crippen molar-refractivity contribution in [1.82, 2.24) is 9.80 Å². The molecule has 0 aliphatic carbocycles. The number of hydrogen-bond acceptors (Lipinski definition) is 5. The molecule has 142 valence electrons. The molecule has 7 heteroatoms. The zero-order valence-electron chi connectivity index (χ0n) is 15.6. The first kappa shape index (κ1) is 18.0. The molecule has 0 bridgehead atoms. The van der Waals surface area contributed by atoms with Gasteiger partial charge in [0.15, 0.2) is 0 Å². The van der Waals surface area contributed by atoms with Gasteiger partial charge in [-0.15, -0.1) is 0 Å². The molecule has 3 heterocycles. The summed E-state index contributed by atoms with van der Waals surface area (Å²) in [5.41, 5.74) is 1.38. The molecule has 0 unspecified atom stereocenters. The molecule has 1 atom stereocenters. The number of benzene rings is 1. The fourth-order valence-electron chi connectivity index (χ4n) is 4.01. The van der Waals surface area contributed by atoms with Crippen LogP contribution in [-0.2, 0) is 4.79 Å². The highest BCUT2D eigenvalue weighted by Crippen LogP contribution is 2.34. The minimum absolute atomic E-state index is 0.0122. The van der Waals surface area contributed by atoms with E-state index in [1.165, 1.54) is 0 Å². The summed E-state index contributed by atoms with van der Waals surface area (Å²) in [6.07, 6.45) is 0.854. The van der Waals surface area contributed by atoms with Gasteiger partial charge in [-0.05, 0) is 43.1 Å². The lowest BCUT2D eigenvalue weighted by atomic mass is 9.93. The molecule has 1 aromatic carbocycles. The molecule has 2 fully saturated rings. The maximum Gasteiger partial charge on any atom is 0.254 e. The molecular formula is C20H23N3O3S. The molecular weight excluding hydrogens is 362 g/mol. The van der Waals surface area contributed by atoms with Gasteiger partial charge in [-0.2, -0.15) is 11.3 Å². The number of carbonyl (C=O) groups is 2.